The summed E-state index contributed by atoms with van der Waals surface area (Å²) in [5, 5.41) is 9.96. The SMILES string of the molecule is C=C(Cl)COc1ccc(Br)cc1C(C)O. The second kappa shape index (κ2) is 5.54. The van der Waals surface area contributed by atoms with Crippen LogP contribution in [0.1, 0.15) is 18.6 Å². The van der Waals surface area contributed by atoms with Gasteiger partial charge in [-0.2, -0.15) is 0 Å². The third kappa shape index (κ3) is 3.86. The Morgan fingerprint density at radius 2 is 2.33 bits per heavy atom. The quantitative estimate of drug-likeness (QED) is 0.918. The van der Waals surface area contributed by atoms with E-state index >= 15 is 0 Å². The molecule has 0 heterocycles. The van der Waals surface area contributed by atoms with E-state index < -0.39 is 6.10 Å². The van der Waals surface area contributed by atoms with Crippen molar-refractivity contribution in [2.45, 2.75) is 13.0 Å². The van der Waals surface area contributed by atoms with Crippen LogP contribution in [0.25, 0.3) is 0 Å². The summed E-state index contributed by atoms with van der Waals surface area (Å²) in [6.45, 7) is 5.45. The zero-order chi connectivity index (χ0) is 11.4. The summed E-state index contributed by atoms with van der Waals surface area (Å²) in [5.41, 5.74) is 0.724. The molecule has 0 radical (unpaired) electrons. The van der Waals surface area contributed by atoms with Gasteiger partial charge in [0.25, 0.3) is 0 Å². The van der Waals surface area contributed by atoms with Gasteiger partial charge in [0.05, 0.1) is 6.10 Å². The summed E-state index contributed by atoms with van der Waals surface area (Å²) >= 11 is 8.93. The Kier molecular flexibility index (Phi) is 4.64. The lowest BCUT2D eigenvalue weighted by Gasteiger charge is -2.13. The lowest BCUT2D eigenvalue weighted by Crippen LogP contribution is -2.02. The maximum atomic E-state index is 9.54. The fourth-order valence-electron chi connectivity index (χ4n) is 1.13. The lowest BCUT2D eigenvalue weighted by atomic mass is 10.1. The van der Waals surface area contributed by atoms with Crippen molar-refractivity contribution in [2.75, 3.05) is 6.61 Å². The standard InChI is InChI=1S/C11H12BrClO2/c1-7(13)6-15-11-4-3-9(12)5-10(11)8(2)14/h3-5,8,14H,1,6H2,2H3. The van der Waals surface area contributed by atoms with E-state index in [0.29, 0.717) is 10.8 Å². The molecule has 1 atom stereocenters. The number of aliphatic hydroxyl groups excluding tert-OH is 1. The predicted molar refractivity (Wildman–Crippen MR) is 65.3 cm³/mol. The van der Waals surface area contributed by atoms with Gasteiger partial charge in [0.15, 0.2) is 0 Å². The fourth-order valence-corrected chi connectivity index (χ4v) is 1.57. The highest BCUT2D eigenvalue weighted by Gasteiger charge is 2.09. The normalized spacial score (nSPS) is 12.3. The zero-order valence-electron chi connectivity index (χ0n) is 8.34. The van der Waals surface area contributed by atoms with E-state index in [1.807, 2.05) is 12.1 Å². The smallest absolute Gasteiger partial charge is 0.125 e. The fraction of sp³-hybridized carbons (Fsp3) is 0.273. The highest BCUT2D eigenvalue weighted by atomic mass is 79.9. The predicted octanol–water partition coefficient (Wildman–Crippen LogP) is 3.63. The number of hydrogen-bond acceptors (Lipinski definition) is 2. The van der Waals surface area contributed by atoms with Gasteiger partial charge in [-0.05, 0) is 25.1 Å². The Morgan fingerprint density at radius 3 is 2.87 bits per heavy atom. The summed E-state index contributed by atoms with van der Waals surface area (Å²) in [6, 6.07) is 5.45. The van der Waals surface area contributed by atoms with Gasteiger partial charge in [0, 0.05) is 15.1 Å². The van der Waals surface area contributed by atoms with Gasteiger partial charge < -0.3 is 9.84 Å². The summed E-state index contributed by atoms with van der Waals surface area (Å²) in [4.78, 5) is 0. The topological polar surface area (TPSA) is 29.5 Å². The number of ether oxygens (including phenoxy) is 1. The summed E-state index contributed by atoms with van der Waals surface area (Å²) in [6.07, 6.45) is -0.582. The van der Waals surface area contributed by atoms with Crippen LogP contribution in [-0.2, 0) is 0 Å². The molecular weight excluding hydrogens is 279 g/mol. The van der Waals surface area contributed by atoms with E-state index in [0.717, 1.165) is 10.0 Å². The summed E-state index contributed by atoms with van der Waals surface area (Å²) in [5.74, 6) is 0.620. The van der Waals surface area contributed by atoms with Crippen LogP contribution < -0.4 is 4.74 Å². The minimum Gasteiger partial charge on any atom is -0.488 e. The first-order chi connectivity index (χ1) is 7.00. The molecule has 1 N–H and O–H groups in total. The molecule has 1 aromatic carbocycles. The molecule has 0 aromatic heterocycles. The average Bonchev–Trinajstić information content (AvgIpc) is 2.15. The minimum absolute atomic E-state index is 0.239. The van der Waals surface area contributed by atoms with Crippen molar-refractivity contribution in [3.63, 3.8) is 0 Å². The van der Waals surface area contributed by atoms with Gasteiger partial charge in [0.1, 0.15) is 12.4 Å². The Hall–Kier alpha value is -0.510. The molecule has 0 amide bonds. The maximum Gasteiger partial charge on any atom is 0.125 e. The largest absolute Gasteiger partial charge is 0.488 e. The summed E-state index contributed by atoms with van der Waals surface area (Å²) < 4.78 is 6.30. The molecule has 2 nitrogen and oxygen atoms in total. The first-order valence-corrected chi connectivity index (χ1v) is 5.61. The van der Waals surface area contributed by atoms with Crippen molar-refractivity contribution < 1.29 is 9.84 Å². The van der Waals surface area contributed by atoms with Crippen LogP contribution >= 0.6 is 27.5 Å². The van der Waals surface area contributed by atoms with Crippen LogP contribution in [0, 0.1) is 0 Å². The van der Waals surface area contributed by atoms with Crippen molar-refractivity contribution in [3.05, 3.63) is 39.8 Å². The van der Waals surface area contributed by atoms with Crippen molar-refractivity contribution in [2.24, 2.45) is 0 Å². The van der Waals surface area contributed by atoms with Crippen LogP contribution in [0.15, 0.2) is 34.3 Å². The van der Waals surface area contributed by atoms with E-state index in [1.54, 1.807) is 13.0 Å². The van der Waals surface area contributed by atoms with E-state index in [-0.39, 0.29) is 6.61 Å². The van der Waals surface area contributed by atoms with Gasteiger partial charge in [-0.3, -0.25) is 0 Å². The van der Waals surface area contributed by atoms with Crippen LogP contribution in [-0.4, -0.2) is 11.7 Å². The van der Waals surface area contributed by atoms with E-state index in [2.05, 4.69) is 22.5 Å². The molecule has 0 spiro atoms. The Bertz CT molecular complexity index is 364. The van der Waals surface area contributed by atoms with Crippen molar-refractivity contribution in [3.8, 4) is 5.75 Å². The molecule has 0 saturated heterocycles. The molecule has 0 saturated carbocycles. The Labute approximate surface area is 103 Å². The van der Waals surface area contributed by atoms with Crippen LogP contribution in [0.3, 0.4) is 0 Å². The van der Waals surface area contributed by atoms with Gasteiger partial charge >= 0.3 is 0 Å². The number of hydrogen-bond donors (Lipinski definition) is 1. The molecule has 0 aliphatic heterocycles. The maximum absolute atomic E-state index is 9.54. The second-order valence-corrected chi connectivity index (χ2v) is 4.61. The highest BCUT2D eigenvalue weighted by molar-refractivity contribution is 9.10. The van der Waals surface area contributed by atoms with Gasteiger partial charge in [-0.25, -0.2) is 0 Å². The first-order valence-electron chi connectivity index (χ1n) is 4.44. The van der Waals surface area contributed by atoms with Crippen LogP contribution in [0.5, 0.6) is 5.75 Å². The third-order valence-electron chi connectivity index (χ3n) is 1.81. The molecule has 0 bridgehead atoms. The third-order valence-corrected chi connectivity index (χ3v) is 2.41. The van der Waals surface area contributed by atoms with Crippen molar-refractivity contribution in [1.82, 2.24) is 0 Å². The molecular formula is C11H12BrClO2. The number of rotatable bonds is 4. The van der Waals surface area contributed by atoms with Gasteiger partial charge in [-0.15, -0.1) is 0 Å². The minimum atomic E-state index is -0.582. The number of benzene rings is 1. The van der Waals surface area contributed by atoms with Crippen LogP contribution in [0.4, 0.5) is 0 Å². The molecule has 4 heteroatoms. The van der Waals surface area contributed by atoms with E-state index in [1.165, 1.54) is 0 Å². The Morgan fingerprint density at radius 1 is 1.67 bits per heavy atom. The van der Waals surface area contributed by atoms with Crippen LogP contribution in [0.2, 0.25) is 0 Å². The van der Waals surface area contributed by atoms with Gasteiger partial charge in [-0.1, -0.05) is 34.1 Å². The second-order valence-electron chi connectivity index (χ2n) is 3.16. The highest BCUT2D eigenvalue weighted by Crippen LogP contribution is 2.28. The Balaban J connectivity index is 2.90. The van der Waals surface area contributed by atoms with Crippen molar-refractivity contribution in [1.29, 1.82) is 0 Å². The van der Waals surface area contributed by atoms with Crippen molar-refractivity contribution >= 4 is 27.5 Å². The molecule has 0 aliphatic rings. The zero-order valence-corrected chi connectivity index (χ0v) is 10.7. The molecule has 15 heavy (non-hydrogen) atoms. The number of aliphatic hydroxyl groups is 1. The number of halogens is 2. The van der Waals surface area contributed by atoms with E-state index in [9.17, 15) is 5.11 Å². The molecule has 1 rings (SSSR count). The lowest BCUT2D eigenvalue weighted by molar-refractivity contribution is 0.192. The average molecular weight is 292 g/mol. The molecule has 82 valence electrons. The van der Waals surface area contributed by atoms with E-state index in [4.69, 9.17) is 16.3 Å². The molecule has 0 aliphatic carbocycles. The first kappa shape index (κ1) is 12.6. The molecule has 1 unspecified atom stereocenters. The molecule has 0 fully saturated rings. The monoisotopic (exact) mass is 290 g/mol. The summed E-state index contributed by atoms with van der Waals surface area (Å²) in [7, 11) is 0. The van der Waals surface area contributed by atoms with Gasteiger partial charge in [0.2, 0.25) is 0 Å². The molecule has 1 aromatic rings.